The molecule has 28 heavy (non-hydrogen) atoms. The third-order valence-electron chi connectivity index (χ3n) is 5.06. The molecule has 2 aliphatic carbocycles. The summed E-state index contributed by atoms with van der Waals surface area (Å²) in [7, 11) is 1.31. The van der Waals surface area contributed by atoms with Crippen molar-refractivity contribution in [2.24, 2.45) is 5.92 Å². The third kappa shape index (κ3) is 3.11. The molecule has 7 nitrogen and oxygen atoms in total. The molecule has 3 atom stereocenters. The third-order valence-corrected chi connectivity index (χ3v) is 5.32. The van der Waals surface area contributed by atoms with E-state index in [4.69, 9.17) is 25.8 Å². The fourth-order valence-electron chi connectivity index (χ4n) is 3.67. The number of allylic oxidation sites excluding steroid dienone is 4. The number of benzene rings is 1. The molecule has 1 fully saturated rings. The predicted octanol–water partition coefficient (Wildman–Crippen LogP) is 2.06. The van der Waals surface area contributed by atoms with E-state index in [2.05, 4.69) is 10.9 Å². The van der Waals surface area contributed by atoms with E-state index >= 15 is 0 Å². The molecule has 2 N–H and O–H groups in total. The first-order valence-electron chi connectivity index (χ1n) is 8.82. The lowest BCUT2D eigenvalue weighted by Crippen LogP contribution is -2.69. The zero-order valence-corrected chi connectivity index (χ0v) is 15.9. The van der Waals surface area contributed by atoms with Crippen molar-refractivity contribution in [3.8, 4) is 0 Å². The summed E-state index contributed by atoms with van der Waals surface area (Å²) in [5, 5.41) is 0.591. The summed E-state index contributed by atoms with van der Waals surface area (Å²) in [6.45, 7) is 0.121. The quantitative estimate of drug-likeness (QED) is 0.745. The molecule has 8 heteroatoms. The molecule has 0 spiro atoms. The largest absolute Gasteiger partial charge is 0.467 e. The van der Waals surface area contributed by atoms with E-state index in [0.29, 0.717) is 17.2 Å². The Morgan fingerprint density at radius 3 is 2.82 bits per heavy atom. The molecular weight excluding hydrogens is 384 g/mol. The number of carbonyl (C=O) groups excluding carboxylic acids is 2. The molecule has 0 aromatic heterocycles. The molecule has 1 saturated heterocycles. The van der Waals surface area contributed by atoms with E-state index in [-0.39, 0.29) is 12.5 Å². The number of halogens is 1. The Labute approximate surface area is 166 Å². The second-order valence-electron chi connectivity index (χ2n) is 6.69. The van der Waals surface area contributed by atoms with Crippen LogP contribution in [0.5, 0.6) is 0 Å². The molecule has 1 aromatic carbocycles. The van der Waals surface area contributed by atoms with Gasteiger partial charge < -0.3 is 14.2 Å². The first-order chi connectivity index (χ1) is 13.5. The summed E-state index contributed by atoms with van der Waals surface area (Å²) in [5.74, 6) is -1.07. The van der Waals surface area contributed by atoms with Crippen LogP contribution in [0.3, 0.4) is 0 Å². The van der Waals surface area contributed by atoms with E-state index in [0.717, 1.165) is 11.1 Å². The van der Waals surface area contributed by atoms with Crippen LogP contribution >= 0.6 is 11.6 Å². The van der Waals surface area contributed by atoms with Gasteiger partial charge in [0.05, 0.1) is 7.11 Å². The summed E-state index contributed by atoms with van der Waals surface area (Å²) < 4.78 is 16.1. The fourth-order valence-corrected chi connectivity index (χ4v) is 3.88. The van der Waals surface area contributed by atoms with Crippen LogP contribution in [0.25, 0.3) is 0 Å². The van der Waals surface area contributed by atoms with E-state index in [9.17, 15) is 9.59 Å². The van der Waals surface area contributed by atoms with Crippen LogP contribution in [0.1, 0.15) is 12.0 Å². The number of rotatable bonds is 4. The lowest BCUT2D eigenvalue weighted by atomic mass is 9.79. The average molecular weight is 403 g/mol. The minimum Gasteiger partial charge on any atom is -0.467 e. The first-order valence-corrected chi connectivity index (χ1v) is 9.20. The molecule has 3 aliphatic rings. The van der Waals surface area contributed by atoms with Crippen molar-refractivity contribution in [1.82, 2.24) is 10.9 Å². The first kappa shape index (κ1) is 18.7. The summed E-state index contributed by atoms with van der Waals surface area (Å²) in [4.78, 5) is 25.1. The van der Waals surface area contributed by atoms with Crippen LogP contribution in [0.2, 0.25) is 0 Å². The van der Waals surface area contributed by atoms with Crippen LogP contribution < -0.4 is 10.9 Å². The molecule has 0 radical (unpaired) electrons. The molecule has 1 aliphatic heterocycles. The van der Waals surface area contributed by atoms with Crippen LogP contribution in [-0.4, -0.2) is 30.8 Å². The van der Waals surface area contributed by atoms with Crippen LogP contribution in [0.4, 0.5) is 0 Å². The topological polar surface area (TPSA) is 85.9 Å². The maximum absolute atomic E-state index is 12.7. The fraction of sp³-hybridized carbons (Fsp3) is 0.300. The summed E-state index contributed by atoms with van der Waals surface area (Å²) >= 11 is 6.11. The van der Waals surface area contributed by atoms with Crippen molar-refractivity contribution in [3.05, 3.63) is 70.5 Å². The molecular formula is C20H19ClN2O5. The number of nitrogens with one attached hydrogen (secondary N) is 2. The molecule has 0 saturated carbocycles. The maximum Gasteiger partial charge on any atom is 0.364 e. The van der Waals surface area contributed by atoms with E-state index in [1.165, 1.54) is 7.11 Å². The zero-order valence-electron chi connectivity index (χ0n) is 15.1. The second kappa shape index (κ2) is 7.43. The van der Waals surface area contributed by atoms with Crippen LogP contribution in [-0.2, 0) is 30.4 Å². The summed E-state index contributed by atoms with van der Waals surface area (Å²) in [6, 6.07) is 9.33. The second-order valence-corrected chi connectivity index (χ2v) is 7.13. The smallest absolute Gasteiger partial charge is 0.364 e. The lowest BCUT2D eigenvalue weighted by molar-refractivity contribution is -0.171. The predicted molar refractivity (Wildman–Crippen MR) is 100 cm³/mol. The highest BCUT2D eigenvalue weighted by molar-refractivity contribution is 6.31. The Bertz CT molecular complexity index is 895. The number of hydrazine groups is 1. The number of hydrogen-bond acceptors (Lipinski definition) is 7. The van der Waals surface area contributed by atoms with Gasteiger partial charge in [0.25, 0.3) is 6.23 Å². The number of ether oxygens (including phenoxy) is 3. The van der Waals surface area contributed by atoms with Crippen molar-refractivity contribution < 1.29 is 23.8 Å². The molecule has 0 bridgehead atoms. The van der Waals surface area contributed by atoms with E-state index in [1.54, 1.807) is 12.2 Å². The van der Waals surface area contributed by atoms with Gasteiger partial charge in [0.1, 0.15) is 12.4 Å². The molecule has 0 amide bonds. The number of methoxy groups -OCH3 is 1. The van der Waals surface area contributed by atoms with Crippen molar-refractivity contribution in [1.29, 1.82) is 0 Å². The summed E-state index contributed by atoms with van der Waals surface area (Å²) in [5.41, 5.74) is 6.15. The Morgan fingerprint density at radius 2 is 2.07 bits per heavy atom. The molecule has 146 valence electrons. The number of fused-ring (bicyclic) bond motifs is 3. The van der Waals surface area contributed by atoms with Gasteiger partial charge in [0, 0.05) is 11.0 Å². The minimum absolute atomic E-state index is 0.121. The monoisotopic (exact) mass is 402 g/mol. The van der Waals surface area contributed by atoms with Crippen molar-refractivity contribution in [3.63, 3.8) is 0 Å². The van der Waals surface area contributed by atoms with Gasteiger partial charge in [0.15, 0.2) is 5.54 Å². The Morgan fingerprint density at radius 1 is 1.29 bits per heavy atom. The van der Waals surface area contributed by atoms with Gasteiger partial charge in [-0.15, -0.1) is 0 Å². The number of carbonyl (C=O) groups is 2. The Balaban J connectivity index is 1.52. The van der Waals surface area contributed by atoms with Gasteiger partial charge in [-0.2, -0.15) is 0 Å². The highest BCUT2D eigenvalue weighted by Gasteiger charge is 2.59. The number of esters is 2. The molecule has 4 rings (SSSR count). The zero-order chi connectivity index (χ0) is 19.7. The van der Waals surface area contributed by atoms with Crippen molar-refractivity contribution >= 4 is 23.5 Å². The molecule has 1 heterocycles. The highest BCUT2D eigenvalue weighted by atomic mass is 35.5. The van der Waals surface area contributed by atoms with E-state index < -0.39 is 23.7 Å². The Kier molecular flexibility index (Phi) is 4.97. The molecule has 0 unspecified atom stereocenters. The molecule has 1 aromatic rings. The highest BCUT2D eigenvalue weighted by Crippen LogP contribution is 2.47. The van der Waals surface area contributed by atoms with E-state index in [1.807, 2.05) is 36.4 Å². The van der Waals surface area contributed by atoms with Gasteiger partial charge in [-0.05, 0) is 29.7 Å². The van der Waals surface area contributed by atoms with Gasteiger partial charge in [-0.1, -0.05) is 48.0 Å². The summed E-state index contributed by atoms with van der Waals surface area (Å²) in [6.07, 6.45) is 4.76. The Hall–Kier alpha value is -2.61. The lowest BCUT2D eigenvalue weighted by Gasteiger charge is -2.41. The normalized spacial score (nSPS) is 28.0. The average Bonchev–Trinajstić information content (AvgIpc) is 3.05. The van der Waals surface area contributed by atoms with Crippen molar-refractivity contribution in [2.45, 2.75) is 24.8 Å². The van der Waals surface area contributed by atoms with Gasteiger partial charge in [0.2, 0.25) is 0 Å². The van der Waals surface area contributed by atoms with Gasteiger partial charge >= 0.3 is 11.9 Å². The van der Waals surface area contributed by atoms with Crippen molar-refractivity contribution in [2.75, 3.05) is 7.11 Å². The van der Waals surface area contributed by atoms with Gasteiger partial charge in [-0.3, -0.25) is 0 Å². The van der Waals surface area contributed by atoms with Crippen LogP contribution in [0.15, 0.2) is 64.9 Å². The van der Waals surface area contributed by atoms with Gasteiger partial charge in [-0.25, -0.2) is 20.4 Å². The standard InChI is InChI=1S/C20H19ClN2O5/c1-26-19(25)20-15-8-7-14(21)9-13(15)10-16(20)28-17(22-23-20)18(24)27-11-12-5-3-2-4-6-12/h2-7,9-10,15,17,22-23H,8,11H2,1H3/t15-,17-,20-/m0/s1. The van der Waals surface area contributed by atoms with Crippen LogP contribution in [0, 0.1) is 5.92 Å². The maximum atomic E-state index is 12.7. The SMILES string of the molecule is COC(=O)[C@@]12NN[C@H](C(=O)OCc3ccccc3)OC1=CC1=CC(Cl)=CC[C@@H]12. The minimum atomic E-state index is -1.26. The number of hydrogen-bond donors (Lipinski definition) is 2.